The van der Waals surface area contributed by atoms with Gasteiger partial charge in [-0.25, -0.2) is 9.78 Å². The van der Waals surface area contributed by atoms with Crippen LogP contribution < -0.4 is 4.90 Å². The summed E-state index contributed by atoms with van der Waals surface area (Å²) in [5.41, 5.74) is 4.36. The number of H-pyrrole nitrogens is 1. The van der Waals surface area contributed by atoms with Crippen LogP contribution >= 0.6 is 0 Å². The second-order valence-electron chi connectivity index (χ2n) is 7.54. The second kappa shape index (κ2) is 8.44. The molecule has 0 spiro atoms. The molecule has 0 radical (unpaired) electrons. The van der Waals surface area contributed by atoms with Crippen molar-refractivity contribution in [3.63, 3.8) is 0 Å². The van der Waals surface area contributed by atoms with Gasteiger partial charge in [-0.15, -0.1) is 0 Å². The molecule has 1 saturated heterocycles. The molecular weight excluding hydrogens is 352 g/mol. The van der Waals surface area contributed by atoms with E-state index in [0.29, 0.717) is 5.92 Å². The lowest BCUT2D eigenvalue weighted by Gasteiger charge is -2.22. The lowest BCUT2D eigenvalue weighted by molar-refractivity contribution is 0.179. The summed E-state index contributed by atoms with van der Waals surface area (Å²) in [4.78, 5) is 23.5. The largest absolute Gasteiger partial charge is 0.447 e. The third-order valence-electron chi connectivity index (χ3n) is 5.14. The third kappa shape index (κ3) is 4.34. The first kappa shape index (κ1) is 19.9. The van der Waals surface area contributed by atoms with Gasteiger partial charge in [0.15, 0.2) is 0 Å². The van der Waals surface area contributed by atoms with E-state index in [2.05, 4.69) is 49.0 Å². The van der Waals surface area contributed by atoms with E-state index in [-0.39, 0.29) is 18.7 Å². The van der Waals surface area contributed by atoms with Crippen molar-refractivity contribution in [1.82, 2.24) is 14.9 Å². The Morgan fingerprint density at radius 1 is 1.43 bits per heavy atom. The number of ether oxygens (including phenoxy) is 1. The molecule has 6 heteroatoms. The zero-order valence-electron chi connectivity index (χ0n) is 16.8. The lowest BCUT2D eigenvalue weighted by Crippen LogP contribution is -2.34. The number of rotatable bonds is 8. The van der Waals surface area contributed by atoms with Crippen molar-refractivity contribution in [2.45, 2.75) is 19.4 Å². The van der Waals surface area contributed by atoms with Crippen LogP contribution in [0.2, 0.25) is 0 Å². The Balaban J connectivity index is 1.71. The highest BCUT2D eigenvalue weighted by molar-refractivity contribution is 5.93. The van der Waals surface area contributed by atoms with Crippen LogP contribution in [0.25, 0.3) is 11.0 Å². The number of imidazole rings is 1. The highest BCUT2D eigenvalue weighted by Gasteiger charge is 2.35. The normalized spacial score (nSPS) is 18.2. The molecule has 148 valence electrons. The number of carbonyl (C=O) groups is 1. The van der Waals surface area contributed by atoms with E-state index < -0.39 is 0 Å². The summed E-state index contributed by atoms with van der Waals surface area (Å²) in [6.45, 7) is 11.8. The molecule has 1 amide bonds. The van der Waals surface area contributed by atoms with E-state index in [9.17, 15) is 4.79 Å². The maximum absolute atomic E-state index is 12.3. The Kier molecular flexibility index (Phi) is 5.99. The molecular formula is C22H28N4O2. The van der Waals surface area contributed by atoms with Gasteiger partial charge in [0.25, 0.3) is 0 Å². The Hall–Kier alpha value is -2.86. The van der Waals surface area contributed by atoms with E-state index >= 15 is 0 Å². The highest BCUT2D eigenvalue weighted by Crippen LogP contribution is 2.29. The average molecular weight is 380 g/mol. The van der Waals surface area contributed by atoms with Crippen molar-refractivity contribution < 1.29 is 9.53 Å². The number of aromatic amines is 1. The van der Waals surface area contributed by atoms with Crippen molar-refractivity contribution in [2.75, 3.05) is 32.1 Å². The Bertz CT molecular complexity index is 912. The van der Waals surface area contributed by atoms with Gasteiger partial charge in [0, 0.05) is 0 Å². The summed E-state index contributed by atoms with van der Waals surface area (Å²) in [5.74, 6) is 0.381. The molecule has 2 heterocycles. The predicted octanol–water partition coefficient (Wildman–Crippen LogP) is 4.14. The van der Waals surface area contributed by atoms with Crippen LogP contribution in [0.15, 0.2) is 61.0 Å². The molecule has 28 heavy (non-hydrogen) atoms. The monoisotopic (exact) mass is 380 g/mol. The third-order valence-corrected chi connectivity index (χ3v) is 5.14. The van der Waals surface area contributed by atoms with Gasteiger partial charge in [-0.2, -0.15) is 0 Å². The Labute approximate surface area is 166 Å². The van der Waals surface area contributed by atoms with Gasteiger partial charge < -0.3 is 14.6 Å². The number of aromatic nitrogens is 2. The minimum atomic E-state index is -0.364. The molecule has 0 saturated carbocycles. The summed E-state index contributed by atoms with van der Waals surface area (Å²) in [6.07, 6.45) is 6.27. The first-order valence-corrected chi connectivity index (χ1v) is 9.46. The molecule has 2 atom stereocenters. The molecule has 1 aromatic heterocycles. The number of cyclic esters (lactones) is 1. The number of anilines is 1. The quantitative estimate of drug-likeness (QED) is 0.699. The fourth-order valence-corrected chi connectivity index (χ4v) is 3.18. The van der Waals surface area contributed by atoms with E-state index in [4.69, 9.17) is 4.74 Å². The van der Waals surface area contributed by atoms with Gasteiger partial charge in [-0.1, -0.05) is 37.8 Å². The minimum absolute atomic E-state index is 0.242. The molecule has 0 aliphatic carbocycles. The van der Waals surface area contributed by atoms with Crippen LogP contribution in [0.3, 0.4) is 0 Å². The van der Waals surface area contributed by atoms with E-state index in [1.165, 1.54) is 0 Å². The topological polar surface area (TPSA) is 61.5 Å². The van der Waals surface area contributed by atoms with E-state index in [0.717, 1.165) is 40.8 Å². The maximum Gasteiger partial charge on any atom is 0.415 e. The molecule has 2 unspecified atom stereocenters. The number of hydrogen-bond donors (Lipinski definition) is 1. The SMILES string of the molecule is C=C(/C=C\C(=C)C1COC(=O)N1c1ccc2nc[nH]c2c1)C(C)CCN(C)C. The number of benzene rings is 1. The molecule has 6 nitrogen and oxygen atoms in total. The zero-order valence-corrected chi connectivity index (χ0v) is 16.8. The van der Waals surface area contributed by atoms with Crippen molar-refractivity contribution in [3.05, 3.63) is 61.0 Å². The molecule has 3 rings (SSSR count). The average Bonchev–Trinajstić information content (AvgIpc) is 3.29. The van der Waals surface area contributed by atoms with E-state index in [1.54, 1.807) is 11.2 Å². The van der Waals surface area contributed by atoms with Gasteiger partial charge in [0.2, 0.25) is 0 Å². The van der Waals surface area contributed by atoms with Crippen LogP contribution in [0.1, 0.15) is 13.3 Å². The molecule has 1 aliphatic rings. The summed E-state index contributed by atoms with van der Waals surface area (Å²) >= 11 is 0. The fraction of sp³-hybridized carbons (Fsp3) is 0.364. The summed E-state index contributed by atoms with van der Waals surface area (Å²) < 4.78 is 5.30. The second-order valence-corrected chi connectivity index (χ2v) is 7.54. The van der Waals surface area contributed by atoms with Crippen molar-refractivity contribution in [2.24, 2.45) is 5.92 Å². The van der Waals surface area contributed by atoms with Gasteiger partial charge in [0.05, 0.1) is 29.1 Å². The minimum Gasteiger partial charge on any atom is -0.447 e. The van der Waals surface area contributed by atoms with Gasteiger partial charge in [-0.3, -0.25) is 4.90 Å². The van der Waals surface area contributed by atoms with Crippen molar-refractivity contribution in [1.29, 1.82) is 0 Å². The van der Waals surface area contributed by atoms with Crippen LogP contribution in [0.4, 0.5) is 10.5 Å². The Morgan fingerprint density at radius 3 is 2.96 bits per heavy atom. The number of fused-ring (bicyclic) bond motifs is 1. The van der Waals surface area contributed by atoms with Crippen LogP contribution in [-0.4, -0.2) is 54.2 Å². The van der Waals surface area contributed by atoms with Crippen LogP contribution in [-0.2, 0) is 4.74 Å². The molecule has 1 aromatic carbocycles. The fourth-order valence-electron chi connectivity index (χ4n) is 3.18. The van der Waals surface area contributed by atoms with Crippen LogP contribution in [0.5, 0.6) is 0 Å². The highest BCUT2D eigenvalue weighted by atomic mass is 16.6. The smallest absolute Gasteiger partial charge is 0.415 e. The number of allylic oxidation sites excluding steroid dienone is 2. The van der Waals surface area contributed by atoms with Gasteiger partial charge in [0.1, 0.15) is 6.61 Å². The number of amides is 1. The Morgan fingerprint density at radius 2 is 2.21 bits per heavy atom. The van der Waals surface area contributed by atoms with Crippen molar-refractivity contribution >= 4 is 22.8 Å². The van der Waals surface area contributed by atoms with Gasteiger partial charge >= 0.3 is 6.09 Å². The molecule has 1 fully saturated rings. The number of nitrogens with zero attached hydrogens (tertiary/aromatic N) is 3. The van der Waals surface area contributed by atoms with Crippen LogP contribution in [0, 0.1) is 5.92 Å². The zero-order chi connectivity index (χ0) is 20.3. The standard InChI is InChI=1S/C22H28N4O2/c1-15(16(2)10-11-25(4)5)6-7-17(3)21-13-28-22(27)26(21)18-8-9-19-20(12-18)24-14-23-19/h6-9,12,14,16,21H,1,3,10-11,13H2,2,4-5H3,(H,23,24)/b7-6-. The number of carbonyl (C=O) groups excluding carboxylic acids is 1. The molecule has 0 bridgehead atoms. The van der Waals surface area contributed by atoms with Crippen molar-refractivity contribution in [3.8, 4) is 0 Å². The number of nitrogens with one attached hydrogen (secondary N) is 1. The first-order chi connectivity index (χ1) is 13.4. The molecule has 1 aliphatic heterocycles. The first-order valence-electron chi connectivity index (χ1n) is 9.46. The summed E-state index contributed by atoms with van der Waals surface area (Å²) in [6, 6.07) is 5.42. The predicted molar refractivity (Wildman–Crippen MR) is 113 cm³/mol. The summed E-state index contributed by atoms with van der Waals surface area (Å²) in [5, 5.41) is 0. The lowest BCUT2D eigenvalue weighted by atomic mass is 9.97. The van der Waals surface area contributed by atoms with E-state index in [1.807, 2.05) is 30.4 Å². The number of hydrogen-bond acceptors (Lipinski definition) is 4. The molecule has 2 aromatic rings. The van der Waals surface area contributed by atoms with Gasteiger partial charge in [-0.05, 0) is 56.8 Å². The maximum atomic E-state index is 12.3. The summed E-state index contributed by atoms with van der Waals surface area (Å²) in [7, 11) is 4.14. The molecule has 1 N–H and O–H groups in total.